The van der Waals surface area contributed by atoms with Gasteiger partial charge >= 0.3 is 0 Å². The van der Waals surface area contributed by atoms with E-state index < -0.39 is 47.3 Å². The van der Waals surface area contributed by atoms with Crippen molar-refractivity contribution in [3.63, 3.8) is 0 Å². The lowest BCUT2D eigenvalue weighted by atomic mass is 9.51. The molecule has 0 bridgehead atoms. The van der Waals surface area contributed by atoms with Gasteiger partial charge in [-0.2, -0.15) is 0 Å². The van der Waals surface area contributed by atoms with Crippen LogP contribution in [-0.4, -0.2) is 89.2 Å². The van der Waals surface area contributed by atoms with E-state index in [9.17, 15) is 19.2 Å². The van der Waals surface area contributed by atoms with Crippen molar-refractivity contribution in [2.75, 3.05) is 55.7 Å². The zero-order valence-corrected chi connectivity index (χ0v) is 26.7. The van der Waals surface area contributed by atoms with Gasteiger partial charge in [0.1, 0.15) is 0 Å². The minimum atomic E-state index is -0.912. The summed E-state index contributed by atoms with van der Waals surface area (Å²) in [6.07, 6.45) is 7.22. The molecule has 5 rings (SSSR count). The van der Waals surface area contributed by atoms with Gasteiger partial charge in [-0.1, -0.05) is 12.2 Å². The lowest BCUT2D eigenvalue weighted by Gasteiger charge is -2.52. The number of hydrogen-bond acceptors (Lipinski definition) is 10. The second-order valence-electron chi connectivity index (χ2n) is 11.1. The maximum absolute atomic E-state index is 14.5. The van der Waals surface area contributed by atoms with Crippen LogP contribution in [0.2, 0.25) is 0 Å². The largest absolute Gasteiger partial charge is 0.493 e. The van der Waals surface area contributed by atoms with Gasteiger partial charge in [0.25, 0.3) is 11.8 Å². The van der Waals surface area contributed by atoms with Crippen LogP contribution in [0.5, 0.6) is 34.5 Å². The van der Waals surface area contributed by atoms with Crippen molar-refractivity contribution in [2.24, 2.45) is 11.8 Å². The fraction of sp³-hybridized carbons (Fsp3) is 0.412. The molecular weight excluding hydrogens is 596 g/mol. The Labute approximate surface area is 267 Å². The van der Waals surface area contributed by atoms with Crippen molar-refractivity contribution in [1.29, 1.82) is 0 Å². The number of carbonyl (C=O) groups is 4. The predicted octanol–water partition coefficient (Wildman–Crippen LogP) is 3.48. The van der Waals surface area contributed by atoms with E-state index in [2.05, 4.69) is 0 Å². The van der Waals surface area contributed by atoms with Crippen LogP contribution < -0.4 is 28.4 Å². The van der Waals surface area contributed by atoms with Crippen molar-refractivity contribution in [1.82, 2.24) is 9.80 Å². The zero-order valence-electron chi connectivity index (χ0n) is 26.7. The number of nitrogens with zero attached hydrogens (tertiary/aromatic N) is 2. The summed E-state index contributed by atoms with van der Waals surface area (Å²) in [5.41, 5.74) is 1.10. The van der Waals surface area contributed by atoms with Gasteiger partial charge in [-0.15, -0.1) is 0 Å². The van der Waals surface area contributed by atoms with Crippen LogP contribution in [-0.2, 0) is 19.2 Å². The molecule has 0 N–H and O–H groups in total. The molecule has 0 saturated heterocycles. The standard InChI is InChI=1S/C34H38N2O10/c1-41-21-15-19(16-22(42-2)31(21)45-5)27-29(33(39)35-13-9-7-11-25(35)37)28(30(27)34(40)36-14-10-8-12-26(36)38)20-17-23(43-3)32(46-6)24(18-20)44-4/h7-8,11-12,15-18,27-30H,9-10,13-14H2,1-6H3/t27-,28?,29+,30?/m1/s1. The molecule has 3 aliphatic rings. The molecule has 0 spiro atoms. The molecule has 244 valence electrons. The van der Waals surface area contributed by atoms with E-state index in [1.165, 1.54) is 64.6 Å². The van der Waals surface area contributed by atoms with Gasteiger partial charge in [0.05, 0.1) is 54.5 Å². The summed E-state index contributed by atoms with van der Waals surface area (Å²) in [6, 6.07) is 6.81. The van der Waals surface area contributed by atoms with Crippen LogP contribution in [0.25, 0.3) is 0 Å². The number of imide groups is 2. The number of ether oxygens (including phenoxy) is 6. The molecule has 46 heavy (non-hydrogen) atoms. The molecule has 1 saturated carbocycles. The van der Waals surface area contributed by atoms with Crippen molar-refractivity contribution in [3.05, 3.63) is 59.7 Å². The average Bonchev–Trinajstić information content (AvgIpc) is 3.06. The predicted molar refractivity (Wildman–Crippen MR) is 166 cm³/mol. The summed E-state index contributed by atoms with van der Waals surface area (Å²) in [7, 11) is 8.86. The number of methoxy groups -OCH3 is 6. The lowest BCUT2D eigenvalue weighted by Crippen LogP contribution is -2.59. The molecule has 0 aromatic heterocycles. The summed E-state index contributed by atoms with van der Waals surface area (Å²) in [6.45, 7) is 0.394. The van der Waals surface area contributed by atoms with E-state index >= 15 is 0 Å². The van der Waals surface area contributed by atoms with Gasteiger partial charge in [0.2, 0.25) is 23.3 Å². The fourth-order valence-corrected chi connectivity index (χ4v) is 6.75. The highest BCUT2D eigenvalue weighted by Crippen LogP contribution is 2.61. The van der Waals surface area contributed by atoms with E-state index in [-0.39, 0.29) is 13.1 Å². The summed E-state index contributed by atoms with van der Waals surface area (Å²) in [5.74, 6) is -3.13. The molecule has 2 aromatic carbocycles. The maximum atomic E-state index is 14.5. The van der Waals surface area contributed by atoms with Crippen molar-refractivity contribution in [3.8, 4) is 34.5 Å². The first kappa shape index (κ1) is 32.4. The Hall–Kier alpha value is -5.00. The van der Waals surface area contributed by atoms with Crippen molar-refractivity contribution >= 4 is 23.6 Å². The molecule has 1 aliphatic carbocycles. The molecular formula is C34H38N2O10. The lowest BCUT2D eigenvalue weighted by molar-refractivity contribution is -0.157. The Morgan fingerprint density at radius 1 is 0.565 bits per heavy atom. The highest BCUT2D eigenvalue weighted by Gasteiger charge is 2.61. The van der Waals surface area contributed by atoms with Gasteiger partial charge in [-0.25, -0.2) is 0 Å². The van der Waals surface area contributed by atoms with E-state index in [1.807, 2.05) is 0 Å². The minimum absolute atomic E-state index is 0.197. The summed E-state index contributed by atoms with van der Waals surface area (Å²) >= 11 is 0. The van der Waals surface area contributed by atoms with Gasteiger partial charge < -0.3 is 28.4 Å². The molecule has 0 radical (unpaired) electrons. The Bertz CT molecular complexity index is 1420. The molecule has 0 atom stereocenters. The third-order valence-corrected chi connectivity index (χ3v) is 8.89. The molecule has 0 unspecified atom stereocenters. The highest BCUT2D eigenvalue weighted by molar-refractivity contribution is 6.06. The topological polar surface area (TPSA) is 130 Å². The second-order valence-corrected chi connectivity index (χ2v) is 11.1. The van der Waals surface area contributed by atoms with Gasteiger partial charge in [0.15, 0.2) is 23.0 Å². The Morgan fingerprint density at radius 2 is 0.891 bits per heavy atom. The van der Waals surface area contributed by atoms with Gasteiger partial charge in [-0.05, 0) is 60.4 Å². The fourth-order valence-electron chi connectivity index (χ4n) is 6.75. The molecule has 4 amide bonds. The van der Waals surface area contributed by atoms with Crippen LogP contribution in [0.1, 0.15) is 35.8 Å². The van der Waals surface area contributed by atoms with Crippen LogP contribution in [0, 0.1) is 11.8 Å². The van der Waals surface area contributed by atoms with Crippen LogP contribution in [0.3, 0.4) is 0 Å². The third-order valence-electron chi connectivity index (χ3n) is 8.89. The van der Waals surface area contributed by atoms with Gasteiger partial charge in [-0.3, -0.25) is 29.0 Å². The molecule has 2 aromatic rings. The number of hydrogen-bond donors (Lipinski definition) is 0. The summed E-state index contributed by atoms with van der Waals surface area (Å²) in [4.78, 5) is 57.5. The monoisotopic (exact) mass is 634 g/mol. The molecule has 12 heteroatoms. The molecule has 2 aliphatic heterocycles. The molecule has 1 fully saturated rings. The highest BCUT2D eigenvalue weighted by atomic mass is 16.5. The first-order chi connectivity index (χ1) is 22.2. The van der Waals surface area contributed by atoms with E-state index in [0.29, 0.717) is 58.5 Å². The second kappa shape index (κ2) is 13.6. The van der Waals surface area contributed by atoms with Crippen molar-refractivity contribution in [2.45, 2.75) is 24.7 Å². The smallest absolute Gasteiger partial charge is 0.252 e. The SMILES string of the molecule is COc1cc(C2C(C(=O)N3CCC=CC3=O)[C@H](c3cc(OC)c(OC)c(OC)c3)[C@@H]2C(=O)N2CCC=CC2=O)cc(OC)c1OC. The van der Waals surface area contributed by atoms with Crippen molar-refractivity contribution < 1.29 is 47.6 Å². The van der Waals surface area contributed by atoms with Crippen LogP contribution >= 0.6 is 0 Å². The number of amides is 4. The number of carbonyl (C=O) groups excluding carboxylic acids is 4. The molecule has 2 heterocycles. The third kappa shape index (κ3) is 5.52. The average molecular weight is 635 g/mol. The Morgan fingerprint density at radius 3 is 1.15 bits per heavy atom. The van der Waals surface area contributed by atoms with E-state index in [4.69, 9.17) is 28.4 Å². The van der Waals surface area contributed by atoms with E-state index in [1.54, 1.807) is 36.4 Å². The minimum Gasteiger partial charge on any atom is -0.493 e. The normalized spacial score (nSPS) is 22.2. The van der Waals surface area contributed by atoms with E-state index in [0.717, 1.165) is 0 Å². The maximum Gasteiger partial charge on any atom is 0.252 e. The Kier molecular flexibility index (Phi) is 9.54. The summed E-state index contributed by atoms with van der Waals surface area (Å²) in [5, 5.41) is 0. The molecule has 12 nitrogen and oxygen atoms in total. The first-order valence-corrected chi connectivity index (χ1v) is 14.9. The van der Waals surface area contributed by atoms with Crippen LogP contribution in [0.15, 0.2) is 48.6 Å². The van der Waals surface area contributed by atoms with Crippen LogP contribution in [0.4, 0.5) is 0 Å². The quantitative estimate of drug-likeness (QED) is 0.358. The number of benzene rings is 2. The summed E-state index contributed by atoms with van der Waals surface area (Å²) < 4.78 is 33.6. The number of rotatable bonds is 10. The first-order valence-electron chi connectivity index (χ1n) is 14.9. The zero-order chi connectivity index (χ0) is 33.1. The Balaban J connectivity index is 1.75. The van der Waals surface area contributed by atoms with Gasteiger partial charge in [0, 0.05) is 24.9 Å².